The van der Waals surface area contributed by atoms with Crippen molar-refractivity contribution in [1.29, 1.82) is 0 Å². The van der Waals surface area contributed by atoms with Gasteiger partial charge in [-0.3, -0.25) is 9.59 Å². The first kappa shape index (κ1) is 12.1. The summed E-state index contributed by atoms with van der Waals surface area (Å²) in [5, 5.41) is 9.26. The highest BCUT2D eigenvalue weighted by Crippen LogP contribution is 2.09. The van der Waals surface area contributed by atoms with Gasteiger partial charge in [0.15, 0.2) is 0 Å². The number of aliphatic hydroxyl groups is 1. The second kappa shape index (κ2) is 4.97. The lowest BCUT2D eigenvalue weighted by atomic mass is 10.0. The molecule has 0 heterocycles. The fourth-order valence-electron chi connectivity index (χ4n) is 0.918. The maximum atomic E-state index is 11.1. The maximum Gasteiger partial charge on any atom is 0.313 e. The first-order valence-electron chi connectivity index (χ1n) is 4.25. The molecule has 0 fully saturated rings. The van der Waals surface area contributed by atoms with Crippen molar-refractivity contribution >= 4 is 11.8 Å². The summed E-state index contributed by atoms with van der Waals surface area (Å²) >= 11 is 0. The van der Waals surface area contributed by atoms with E-state index in [9.17, 15) is 14.7 Å². The second-order valence-electron chi connectivity index (χ2n) is 3.51. The normalized spacial score (nSPS) is 11.1. The molecule has 1 N–H and O–H groups in total. The minimum atomic E-state index is -1.05. The molecule has 0 radical (unpaired) electrons. The second-order valence-corrected chi connectivity index (χ2v) is 3.51. The van der Waals surface area contributed by atoms with Crippen LogP contribution in [0.5, 0.6) is 0 Å². The van der Waals surface area contributed by atoms with Crippen molar-refractivity contribution in [2.75, 3.05) is 6.61 Å². The van der Waals surface area contributed by atoms with Gasteiger partial charge < -0.3 is 9.84 Å². The van der Waals surface area contributed by atoms with Crippen LogP contribution in [0.2, 0.25) is 0 Å². The zero-order chi connectivity index (χ0) is 10.5. The predicted molar refractivity (Wildman–Crippen MR) is 47.2 cm³/mol. The largest absolute Gasteiger partial charge is 0.466 e. The van der Waals surface area contributed by atoms with E-state index < -0.39 is 11.6 Å². The van der Waals surface area contributed by atoms with Crippen molar-refractivity contribution in [1.82, 2.24) is 0 Å². The van der Waals surface area contributed by atoms with Crippen LogP contribution in [0, 0.1) is 0 Å². The minimum Gasteiger partial charge on any atom is -0.466 e. The Balaban J connectivity index is 3.82. The lowest BCUT2D eigenvalue weighted by molar-refractivity contribution is -0.146. The van der Waals surface area contributed by atoms with Crippen LogP contribution in [-0.2, 0) is 14.3 Å². The number of ether oxygens (including phenoxy) is 1. The molecule has 0 rings (SSSR count). The van der Waals surface area contributed by atoms with E-state index in [2.05, 4.69) is 4.74 Å². The smallest absolute Gasteiger partial charge is 0.313 e. The summed E-state index contributed by atoms with van der Waals surface area (Å²) in [6.45, 7) is 5.00. The number of esters is 1. The minimum absolute atomic E-state index is 0.0220. The molecule has 0 amide bonds. The summed E-state index contributed by atoms with van der Waals surface area (Å²) in [7, 11) is 0. The van der Waals surface area contributed by atoms with Crippen LogP contribution in [0.15, 0.2) is 0 Å². The summed E-state index contributed by atoms with van der Waals surface area (Å²) < 4.78 is 4.59. The zero-order valence-electron chi connectivity index (χ0n) is 8.29. The third-order valence-corrected chi connectivity index (χ3v) is 1.28. The molecule has 0 aromatic heterocycles. The summed E-state index contributed by atoms with van der Waals surface area (Å²) in [6, 6.07) is 0. The van der Waals surface area contributed by atoms with Gasteiger partial charge in [0, 0.05) is 6.42 Å². The van der Waals surface area contributed by atoms with Crippen molar-refractivity contribution in [2.45, 2.75) is 39.2 Å². The fraction of sp³-hybridized carbons (Fsp3) is 0.778. The first-order valence-corrected chi connectivity index (χ1v) is 4.25. The van der Waals surface area contributed by atoms with Crippen LogP contribution in [0.3, 0.4) is 0 Å². The van der Waals surface area contributed by atoms with E-state index in [4.69, 9.17) is 0 Å². The molecule has 0 spiro atoms. The van der Waals surface area contributed by atoms with Crippen LogP contribution in [0.25, 0.3) is 0 Å². The monoisotopic (exact) mass is 188 g/mol. The van der Waals surface area contributed by atoms with Crippen LogP contribution in [0.1, 0.15) is 33.6 Å². The highest BCUT2D eigenvalue weighted by molar-refractivity contribution is 5.95. The van der Waals surface area contributed by atoms with Crippen molar-refractivity contribution in [3.8, 4) is 0 Å². The number of hydrogen-bond donors (Lipinski definition) is 1. The molecule has 4 nitrogen and oxygen atoms in total. The molecule has 13 heavy (non-hydrogen) atoms. The van der Waals surface area contributed by atoms with Crippen LogP contribution in [-0.4, -0.2) is 29.1 Å². The Morgan fingerprint density at radius 3 is 2.31 bits per heavy atom. The van der Waals surface area contributed by atoms with E-state index in [0.29, 0.717) is 0 Å². The summed E-state index contributed by atoms with van der Waals surface area (Å²) in [6.07, 6.45) is -0.274. The molecule has 0 bridgehead atoms. The van der Waals surface area contributed by atoms with Crippen molar-refractivity contribution in [3.63, 3.8) is 0 Å². The molecule has 0 aromatic carbocycles. The van der Waals surface area contributed by atoms with Gasteiger partial charge in [-0.15, -0.1) is 0 Å². The summed E-state index contributed by atoms with van der Waals surface area (Å²) in [5.74, 6) is -0.831. The number of ketones is 1. The molecule has 0 unspecified atom stereocenters. The van der Waals surface area contributed by atoms with Gasteiger partial charge in [0.1, 0.15) is 12.2 Å². The third kappa shape index (κ3) is 7.46. The molecule has 0 saturated carbocycles. The molecule has 0 aliphatic heterocycles. The van der Waals surface area contributed by atoms with Gasteiger partial charge in [0.2, 0.25) is 0 Å². The van der Waals surface area contributed by atoms with Crippen molar-refractivity contribution < 1.29 is 19.4 Å². The fourth-order valence-corrected chi connectivity index (χ4v) is 0.918. The van der Waals surface area contributed by atoms with E-state index in [-0.39, 0.29) is 25.2 Å². The summed E-state index contributed by atoms with van der Waals surface area (Å²) in [5.41, 5.74) is -1.05. The zero-order valence-corrected chi connectivity index (χ0v) is 8.29. The quantitative estimate of drug-likeness (QED) is 0.508. The van der Waals surface area contributed by atoms with Gasteiger partial charge in [0.05, 0.1) is 12.2 Å². The number of hydrogen-bond acceptors (Lipinski definition) is 4. The lowest BCUT2D eigenvalue weighted by Gasteiger charge is -2.14. The Morgan fingerprint density at radius 1 is 1.38 bits per heavy atom. The van der Waals surface area contributed by atoms with Gasteiger partial charge in [-0.2, -0.15) is 0 Å². The van der Waals surface area contributed by atoms with Crippen molar-refractivity contribution in [2.24, 2.45) is 0 Å². The Kier molecular flexibility index (Phi) is 4.62. The van der Waals surface area contributed by atoms with Gasteiger partial charge in [-0.05, 0) is 20.8 Å². The Morgan fingerprint density at radius 2 is 1.92 bits per heavy atom. The van der Waals surface area contributed by atoms with Gasteiger partial charge in [-0.25, -0.2) is 0 Å². The number of carbonyl (C=O) groups excluding carboxylic acids is 2. The van der Waals surface area contributed by atoms with Crippen molar-refractivity contribution in [3.05, 3.63) is 0 Å². The van der Waals surface area contributed by atoms with E-state index in [0.717, 1.165) is 0 Å². The number of rotatable bonds is 5. The molecule has 0 saturated heterocycles. The van der Waals surface area contributed by atoms with E-state index in [1.165, 1.54) is 13.8 Å². The van der Waals surface area contributed by atoms with Crippen LogP contribution in [0.4, 0.5) is 0 Å². The average Bonchev–Trinajstić information content (AvgIpc) is 1.81. The summed E-state index contributed by atoms with van der Waals surface area (Å²) in [4.78, 5) is 21.9. The molecule has 76 valence electrons. The standard InChI is InChI=1S/C9H16O4/c1-4-13-8(11)5-7(10)6-9(2,3)12/h12H,4-6H2,1-3H3. The number of carbonyl (C=O) groups is 2. The van der Waals surface area contributed by atoms with Gasteiger partial charge >= 0.3 is 5.97 Å². The third-order valence-electron chi connectivity index (χ3n) is 1.28. The highest BCUT2D eigenvalue weighted by atomic mass is 16.5. The molecule has 0 atom stereocenters. The molecular weight excluding hydrogens is 172 g/mol. The SMILES string of the molecule is CCOC(=O)CC(=O)CC(C)(C)O. The molecule has 0 aliphatic carbocycles. The van der Waals surface area contributed by atoms with Gasteiger partial charge in [0.25, 0.3) is 0 Å². The topological polar surface area (TPSA) is 63.6 Å². The van der Waals surface area contributed by atoms with Gasteiger partial charge in [-0.1, -0.05) is 0 Å². The van der Waals surface area contributed by atoms with E-state index in [1.54, 1.807) is 6.92 Å². The Labute approximate surface area is 77.9 Å². The van der Waals surface area contributed by atoms with E-state index >= 15 is 0 Å². The number of Topliss-reactive ketones (excluding diaryl/α,β-unsaturated/α-hetero) is 1. The highest BCUT2D eigenvalue weighted by Gasteiger charge is 2.20. The van der Waals surface area contributed by atoms with Crippen LogP contribution < -0.4 is 0 Å². The first-order chi connectivity index (χ1) is 5.85. The maximum absolute atomic E-state index is 11.1. The lowest BCUT2D eigenvalue weighted by Crippen LogP contribution is -2.25. The Bertz CT molecular complexity index is 190. The molecular formula is C9H16O4. The van der Waals surface area contributed by atoms with E-state index in [1.807, 2.05) is 0 Å². The molecule has 0 aromatic rings. The average molecular weight is 188 g/mol. The predicted octanol–water partition coefficient (Wildman–Crippen LogP) is 0.670. The molecule has 0 aliphatic rings. The van der Waals surface area contributed by atoms with Crippen LogP contribution >= 0.6 is 0 Å². The Hall–Kier alpha value is -0.900. The molecule has 4 heteroatoms.